The van der Waals surface area contributed by atoms with Gasteiger partial charge in [0, 0.05) is 6.54 Å². The van der Waals surface area contributed by atoms with Gasteiger partial charge < -0.3 is 10.1 Å². The van der Waals surface area contributed by atoms with Gasteiger partial charge in [0.1, 0.15) is 0 Å². The van der Waals surface area contributed by atoms with Crippen LogP contribution in [0.4, 0.5) is 0 Å². The molecule has 0 radical (unpaired) electrons. The van der Waals surface area contributed by atoms with E-state index < -0.39 is 0 Å². The quantitative estimate of drug-likeness (QED) is 0.559. The van der Waals surface area contributed by atoms with Crippen molar-refractivity contribution in [1.82, 2.24) is 5.32 Å². The van der Waals surface area contributed by atoms with E-state index in [1.54, 1.807) is 0 Å². The van der Waals surface area contributed by atoms with Gasteiger partial charge in [0.15, 0.2) is 0 Å². The van der Waals surface area contributed by atoms with Crippen molar-refractivity contribution in [3.05, 3.63) is 0 Å². The predicted octanol–water partition coefficient (Wildman–Crippen LogP) is 1.82. The minimum atomic E-state index is -0.0174. The first-order chi connectivity index (χ1) is 7.11. The molecule has 2 atom stereocenters. The number of nitrogens with one attached hydrogen (secondary N) is 1. The van der Waals surface area contributed by atoms with Crippen molar-refractivity contribution in [1.29, 1.82) is 0 Å². The molecule has 3 nitrogen and oxygen atoms in total. The highest BCUT2D eigenvalue weighted by atomic mass is 16.5. The molecule has 1 aliphatic rings. The second kappa shape index (κ2) is 6.11. The summed E-state index contributed by atoms with van der Waals surface area (Å²) < 4.78 is 5.27. The molecule has 0 aromatic rings. The van der Waals surface area contributed by atoms with Gasteiger partial charge in [-0.2, -0.15) is 0 Å². The lowest BCUT2D eigenvalue weighted by molar-refractivity contribution is -0.149. The fourth-order valence-corrected chi connectivity index (χ4v) is 1.90. The van der Waals surface area contributed by atoms with Gasteiger partial charge in [-0.25, -0.2) is 0 Å². The Hall–Kier alpha value is -0.570. The number of esters is 1. The maximum atomic E-state index is 11.6. The summed E-state index contributed by atoms with van der Waals surface area (Å²) in [5.74, 6) is 1.17. The third-order valence-corrected chi connectivity index (χ3v) is 2.99. The summed E-state index contributed by atoms with van der Waals surface area (Å²) in [6.45, 7) is 8.77. The zero-order chi connectivity index (χ0) is 11.3. The molecule has 2 unspecified atom stereocenters. The van der Waals surface area contributed by atoms with Crippen LogP contribution in [0.1, 0.15) is 33.6 Å². The van der Waals surface area contributed by atoms with Crippen LogP contribution in [0, 0.1) is 17.8 Å². The zero-order valence-corrected chi connectivity index (χ0v) is 10.1. The first-order valence-corrected chi connectivity index (χ1v) is 5.98. The molecule has 1 rings (SSSR count). The van der Waals surface area contributed by atoms with Crippen LogP contribution in [0.2, 0.25) is 0 Å². The zero-order valence-electron chi connectivity index (χ0n) is 10.1. The Kier molecular flexibility index (Phi) is 5.09. The predicted molar refractivity (Wildman–Crippen MR) is 60.6 cm³/mol. The minimum Gasteiger partial charge on any atom is -0.465 e. The highest BCUT2D eigenvalue weighted by molar-refractivity contribution is 5.73. The normalized spacial score (nSPS) is 25.9. The number of hydrogen-bond donors (Lipinski definition) is 1. The first kappa shape index (κ1) is 12.5. The Labute approximate surface area is 92.6 Å². The van der Waals surface area contributed by atoms with Crippen LogP contribution in [0.15, 0.2) is 0 Å². The van der Waals surface area contributed by atoms with E-state index in [2.05, 4.69) is 26.1 Å². The van der Waals surface area contributed by atoms with E-state index in [0.717, 1.165) is 25.9 Å². The fourth-order valence-electron chi connectivity index (χ4n) is 1.90. The molecule has 0 bridgehead atoms. The van der Waals surface area contributed by atoms with Gasteiger partial charge in [-0.3, -0.25) is 4.79 Å². The van der Waals surface area contributed by atoms with Crippen molar-refractivity contribution in [3.8, 4) is 0 Å². The summed E-state index contributed by atoms with van der Waals surface area (Å²) in [4.78, 5) is 11.6. The van der Waals surface area contributed by atoms with Crippen LogP contribution in [-0.2, 0) is 9.53 Å². The second-order valence-electron chi connectivity index (χ2n) is 4.95. The van der Waals surface area contributed by atoms with Crippen molar-refractivity contribution >= 4 is 5.97 Å². The summed E-state index contributed by atoms with van der Waals surface area (Å²) in [6, 6.07) is 0. The van der Waals surface area contributed by atoms with Crippen molar-refractivity contribution in [3.63, 3.8) is 0 Å². The molecule has 1 N–H and O–H groups in total. The molecule has 1 aliphatic heterocycles. The van der Waals surface area contributed by atoms with Crippen LogP contribution in [0.25, 0.3) is 0 Å². The van der Waals surface area contributed by atoms with Gasteiger partial charge in [0.25, 0.3) is 0 Å². The molecule has 1 saturated heterocycles. The molecule has 1 fully saturated rings. The SMILES string of the molecule is CC(C)CCCOC(=O)C1CNCC1C. The molecule has 0 aromatic heterocycles. The molecule has 0 spiro atoms. The molecule has 0 amide bonds. The summed E-state index contributed by atoms with van der Waals surface area (Å²) in [5.41, 5.74) is 0. The maximum Gasteiger partial charge on any atom is 0.310 e. The standard InChI is InChI=1S/C12H23NO2/c1-9(2)5-4-6-15-12(14)11-8-13-7-10(11)3/h9-11,13H,4-8H2,1-3H3. The van der Waals surface area contributed by atoms with E-state index in [9.17, 15) is 4.79 Å². The molecule has 0 saturated carbocycles. The van der Waals surface area contributed by atoms with Crippen LogP contribution in [0.5, 0.6) is 0 Å². The molecule has 3 heteroatoms. The molecule has 88 valence electrons. The minimum absolute atomic E-state index is 0.0174. The number of rotatable bonds is 5. The molecule has 1 heterocycles. The number of carbonyl (C=O) groups excluding carboxylic acids is 1. The Bertz CT molecular complexity index is 204. The first-order valence-electron chi connectivity index (χ1n) is 5.98. The molecule has 0 aromatic carbocycles. The smallest absolute Gasteiger partial charge is 0.310 e. The van der Waals surface area contributed by atoms with E-state index in [1.165, 1.54) is 0 Å². The Morgan fingerprint density at radius 2 is 2.20 bits per heavy atom. The fraction of sp³-hybridized carbons (Fsp3) is 0.917. The van der Waals surface area contributed by atoms with Gasteiger partial charge in [0.2, 0.25) is 0 Å². The van der Waals surface area contributed by atoms with Gasteiger partial charge in [0.05, 0.1) is 12.5 Å². The average Bonchev–Trinajstić information content (AvgIpc) is 2.58. The largest absolute Gasteiger partial charge is 0.465 e. The Morgan fingerprint density at radius 1 is 1.47 bits per heavy atom. The van der Waals surface area contributed by atoms with E-state index in [0.29, 0.717) is 18.4 Å². The van der Waals surface area contributed by atoms with Crippen LogP contribution < -0.4 is 5.32 Å². The van der Waals surface area contributed by atoms with Crippen LogP contribution in [-0.4, -0.2) is 25.7 Å². The summed E-state index contributed by atoms with van der Waals surface area (Å²) in [7, 11) is 0. The van der Waals surface area contributed by atoms with E-state index >= 15 is 0 Å². The second-order valence-corrected chi connectivity index (χ2v) is 4.95. The number of hydrogen-bond acceptors (Lipinski definition) is 3. The molecular weight excluding hydrogens is 190 g/mol. The van der Waals surface area contributed by atoms with Gasteiger partial charge in [-0.15, -0.1) is 0 Å². The number of carbonyl (C=O) groups is 1. The van der Waals surface area contributed by atoms with Crippen molar-refractivity contribution < 1.29 is 9.53 Å². The lowest BCUT2D eigenvalue weighted by Gasteiger charge is -2.13. The monoisotopic (exact) mass is 213 g/mol. The lowest BCUT2D eigenvalue weighted by atomic mass is 9.99. The topological polar surface area (TPSA) is 38.3 Å². The summed E-state index contributed by atoms with van der Waals surface area (Å²) in [5, 5.41) is 3.21. The van der Waals surface area contributed by atoms with Gasteiger partial charge in [-0.1, -0.05) is 20.8 Å². The molecule has 15 heavy (non-hydrogen) atoms. The van der Waals surface area contributed by atoms with Gasteiger partial charge in [-0.05, 0) is 31.2 Å². The molecule has 0 aliphatic carbocycles. The number of ether oxygens (including phenoxy) is 1. The third-order valence-electron chi connectivity index (χ3n) is 2.99. The average molecular weight is 213 g/mol. The highest BCUT2D eigenvalue weighted by Gasteiger charge is 2.30. The van der Waals surface area contributed by atoms with Crippen molar-refractivity contribution in [2.45, 2.75) is 33.6 Å². The third kappa shape index (κ3) is 4.20. The maximum absolute atomic E-state index is 11.6. The Morgan fingerprint density at radius 3 is 2.73 bits per heavy atom. The van der Waals surface area contributed by atoms with Crippen molar-refractivity contribution in [2.75, 3.05) is 19.7 Å². The summed E-state index contributed by atoms with van der Waals surface area (Å²) in [6.07, 6.45) is 2.11. The van der Waals surface area contributed by atoms with E-state index in [4.69, 9.17) is 4.74 Å². The molecular formula is C12H23NO2. The van der Waals surface area contributed by atoms with Crippen LogP contribution in [0.3, 0.4) is 0 Å². The highest BCUT2D eigenvalue weighted by Crippen LogP contribution is 2.17. The summed E-state index contributed by atoms with van der Waals surface area (Å²) >= 11 is 0. The van der Waals surface area contributed by atoms with Crippen molar-refractivity contribution in [2.24, 2.45) is 17.8 Å². The van der Waals surface area contributed by atoms with E-state index in [1.807, 2.05) is 0 Å². The van der Waals surface area contributed by atoms with E-state index in [-0.39, 0.29) is 11.9 Å². The Balaban J connectivity index is 2.13. The van der Waals surface area contributed by atoms with Gasteiger partial charge >= 0.3 is 5.97 Å². The lowest BCUT2D eigenvalue weighted by Crippen LogP contribution is -2.24. The van der Waals surface area contributed by atoms with Crippen LogP contribution >= 0.6 is 0 Å².